The smallest absolute Gasteiger partial charge is 0.226 e. The van der Waals surface area contributed by atoms with Crippen molar-refractivity contribution in [3.05, 3.63) is 0 Å². The first kappa shape index (κ1) is 22.5. The fourth-order valence-corrected chi connectivity index (χ4v) is 4.01. The van der Waals surface area contributed by atoms with E-state index in [1.54, 1.807) is 0 Å². The summed E-state index contributed by atoms with van der Waals surface area (Å²) in [6.45, 7) is 21.5. The van der Waals surface area contributed by atoms with E-state index in [-0.39, 0.29) is 16.7 Å². The molecule has 2 nitrogen and oxygen atoms in total. The highest BCUT2D eigenvalue weighted by molar-refractivity contribution is 5.81. The average molecular weight is 326 g/mol. The van der Waals surface area contributed by atoms with Crippen LogP contribution < -0.4 is 0 Å². The van der Waals surface area contributed by atoms with Crippen LogP contribution >= 0.6 is 0 Å². The van der Waals surface area contributed by atoms with Gasteiger partial charge in [0.25, 0.3) is 0 Å². The molecule has 2 aliphatic rings. The summed E-state index contributed by atoms with van der Waals surface area (Å²) in [5, 5.41) is 0. The molecule has 2 fully saturated rings. The Morgan fingerprint density at radius 2 is 1.30 bits per heavy atom. The van der Waals surface area contributed by atoms with Gasteiger partial charge in [0.1, 0.15) is 0 Å². The molecule has 1 amide bonds. The molecule has 0 aliphatic carbocycles. The molecule has 0 aromatic carbocycles. The molecule has 2 heteroatoms. The Labute approximate surface area is 146 Å². The van der Waals surface area contributed by atoms with Crippen LogP contribution in [-0.4, -0.2) is 22.9 Å². The van der Waals surface area contributed by atoms with Crippen LogP contribution in [0.1, 0.15) is 101 Å². The van der Waals surface area contributed by atoms with Crippen LogP contribution in [-0.2, 0) is 4.79 Å². The van der Waals surface area contributed by atoms with Crippen molar-refractivity contribution in [2.45, 2.75) is 113 Å². The average Bonchev–Trinajstić information content (AvgIpc) is 2.83. The van der Waals surface area contributed by atoms with Gasteiger partial charge in [0.05, 0.1) is 0 Å². The lowest BCUT2D eigenvalue weighted by atomic mass is 9.76. The minimum atomic E-state index is 0.0942. The zero-order valence-electron chi connectivity index (χ0n) is 17.6. The van der Waals surface area contributed by atoms with Crippen molar-refractivity contribution in [1.29, 1.82) is 0 Å². The third-order valence-electron chi connectivity index (χ3n) is 5.13. The van der Waals surface area contributed by atoms with Crippen molar-refractivity contribution in [2.75, 3.05) is 0 Å². The van der Waals surface area contributed by atoms with E-state index in [9.17, 15) is 4.79 Å². The maximum absolute atomic E-state index is 13.1. The third kappa shape index (κ3) is 5.50. The molecule has 3 unspecified atom stereocenters. The summed E-state index contributed by atoms with van der Waals surface area (Å²) >= 11 is 0. The van der Waals surface area contributed by atoms with Gasteiger partial charge >= 0.3 is 0 Å². The minimum Gasteiger partial charge on any atom is -0.336 e. The van der Waals surface area contributed by atoms with Gasteiger partial charge in [-0.05, 0) is 36.5 Å². The molecule has 23 heavy (non-hydrogen) atoms. The molecular formula is C21H43NO. The highest BCUT2D eigenvalue weighted by Crippen LogP contribution is 2.43. The molecule has 0 aromatic heterocycles. The van der Waals surface area contributed by atoms with E-state index >= 15 is 0 Å². The van der Waals surface area contributed by atoms with Crippen molar-refractivity contribution in [1.82, 2.24) is 4.90 Å². The van der Waals surface area contributed by atoms with Crippen LogP contribution in [0.4, 0.5) is 0 Å². The molecule has 3 atom stereocenters. The first-order valence-electron chi connectivity index (χ1n) is 9.94. The molecule has 0 saturated carbocycles. The van der Waals surface area contributed by atoms with Crippen molar-refractivity contribution < 1.29 is 4.79 Å². The lowest BCUT2D eigenvalue weighted by Crippen LogP contribution is -2.50. The summed E-state index contributed by atoms with van der Waals surface area (Å²) in [7, 11) is 0. The molecule has 0 bridgehead atoms. The summed E-state index contributed by atoms with van der Waals surface area (Å²) < 4.78 is 0. The Bertz CT molecular complexity index is 348. The Morgan fingerprint density at radius 3 is 1.74 bits per heavy atom. The lowest BCUT2D eigenvalue weighted by Gasteiger charge is -2.40. The molecule has 2 aliphatic heterocycles. The number of hydrogen-bond acceptors (Lipinski definition) is 1. The maximum atomic E-state index is 13.1. The highest BCUT2D eigenvalue weighted by atomic mass is 16.2. The predicted octanol–water partition coefficient (Wildman–Crippen LogP) is 6.29. The van der Waals surface area contributed by atoms with Crippen molar-refractivity contribution >= 4 is 5.91 Å². The second-order valence-corrected chi connectivity index (χ2v) is 8.71. The van der Waals surface area contributed by atoms with E-state index < -0.39 is 0 Å². The summed E-state index contributed by atoms with van der Waals surface area (Å²) in [6, 6.07) is 0.956. The second kappa shape index (κ2) is 9.08. The van der Waals surface area contributed by atoms with E-state index in [1.807, 2.05) is 27.7 Å². The lowest BCUT2D eigenvalue weighted by molar-refractivity contribution is -0.143. The fourth-order valence-electron chi connectivity index (χ4n) is 4.01. The zero-order chi connectivity index (χ0) is 18.4. The van der Waals surface area contributed by atoms with E-state index in [0.29, 0.717) is 18.0 Å². The summed E-state index contributed by atoms with van der Waals surface area (Å²) in [6.07, 6.45) is 5.91. The van der Waals surface area contributed by atoms with E-state index in [4.69, 9.17) is 0 Å². The number of fused-ring (bicyclic) bond motifs is 1. The number of nitrogens with zero attached hydrogens (tertiary/aromatic N) is 1. The van der Waals surface area contributed by atoms with Gasteiger partial charge in [0.15, 0.2) is 0 Å². The van der Waals surface area contributed by atoms with Crippen molar-refractivity contribution in [3.63, 3.8) is 0 Å². The molecule has 2 rings (SSSR count). The monoisotopic (exact) mass is 325 g/mol. The van der Waals surface area contributed by atoms with Gasteiger partial charge in [0.2, 0.25) is 5.91 Å². The van der Waals surface area contributed by atoms with Crippen LogP contribution in [0.25, 0.3) is 0 Å². The zero-order valence-corrected chi connectivity index (χ0v) is 17.6. The van der Waals surface area contributed by atoms with Gasteiger partial charge < -0.3 is 4.90 Å². The summed E-state index contributed by atoms with van der Waals surface area (Å²) in [4.78, 5) is 15.4. The molecule has 0 radical (unpaired) electrons. The van der Waals surface area contributed by atoms with Gasteiger partial charge in [-0.25, -0.2) is 0 Å². The molecule has 0 aromatic rings. The number of rotatable bonds is 0. The molecule has 0 N–H and O–H groups in total. The molecule has 2 heterocycles. The number of carbonyl (C=O) groups is 1. The summed E-state index contributed by atoms with van der Waals surface area (Å²) in [5.41, 5.74) is 0.300. The first-order chi connectivity index (χ1) is 10.6. The number of amides is 1. The van der Waals surface area contributed by atoms with Gasteiger partial charge in [-0.2, -0.15) is 0 Å². The van der Waals surface area contributed by atoms with Crippen LogP contribution in [0.3, 0.4) is 0 Å². The first-order valence-corrected chi connectivity index (χ1v) is 9.94. The third-order valence-corrected chi connectivity index (χ3v) is 5.13. The number of hydrogen-bond donors (Lipinski definition) is 0. The van der Waals surface area contributed by atoms with Gasteiger partial charge in [0, 0.05) is 18.0 Å². The van der Waals surface area contributed by atoms with Crippen LogP contribution in [0, 0.1) is 16.7 Å². The second-order valence-electron chi connectivity index (χ2n) is 8.71. The van der Waals surface area contributed by atoms with Gasteiger partial charge in [-0.15, -0.1) is 0 Å². The maximum Gasteiger partial charge on any atom is 0.226 e. The Hall–Kier alpha value is -0.530. The largest absolute Gasteiger partial charge is 0.336 e. The number of carbonyl (C=O) groups excluding carboxylic acids is 1. The normalized spacial score (nSPS) is 28.0. The molecule has 138 valence electrons. The van der Waals surface area contributed by atoms with Crippen molar-refractivity contribution in [3.8, 4) is 0 Å². The Morgan fingerprint density at radius 1 is 0.783 bits per heavy atom. The standard InChI is InChI=1S/C17H31NO.2C2H6/c1-16(2,3)13-9-7-8-12-10-11-14(17(4,5)6)18(12)15(13)19;2*1-2/h12-14H,7-11H2,1-6H3;2*1-2H3. The Kier molecular flexibility index (Phi) is 8.87. The topological polar surface area (TPSA) is 20.3 Å². The van der Waals surface area contributed by atoms with Crippen LogP contribution in [0.2, 0.25) is 0 Å². The van der Waals surface area contributed by atoms with Crippen molar-refractivity contribution in [2.24, 2.45) is 16.7 Å². The molecule has 2 saturated heterocycles. The van der Waals surface area contributed by atoms with Gasteiger partial charge in [-0.3, -0.25) is 4.79 Å². The minimum absolute atomic E-state index is 0.0942. The molecule has 0 spiro atoms. The van der Waals surface area contributed by atoms with E-state index in [0.717, 1.165) is 6.42 Å². The predicted molar refractivity (Wildman–Crippen MR) is 103 cm³/mol. The fraction of sp³-hybridized carbons (Fsp3) is 0.952. The SMILES string of the molecule is CC.CC.CC(C)(C)C1CCCC2CCC(C(C)(C)C)N2C1=O. The Balaban J connectivity index is 0.00000112. The quantitative estimate of drug-likeness (QED) is 0.512. The van der Waals surface area contributed by atoms with E-state index in [2.05, 4.69) is 46.4 Å². The molecular weight excluding hydrogens is 282 g/mol. The van der Waals surface area contributed by atoms with Gasteiger partial charge in [-0.1, -0.05) is 75.7 Å². The van der Waals surface area contributed by atoms with E-state index in [1.165, 1.54) is 25.7 Å². The summed E-state index contributed by atoms with van der Waals surface area (Å²) in [5.74, 6) is 0.646. The van der Waals surface area contributed by atoms with Crippen LogP contribution in [0.15, 0.2) is 0 Å². The highest BCUT2D eigenvalue weighted by Gasteiger charge is 2.47. The van der Waals surface area contributed by atoms with Crippen LogP contribution in [0.5, 0.6) is 0 Å².